The highest BCUT2D eigenvalue weighted by Gasteiger charge is 2.36. The van der Waals surface area contributed by atoms with E-state index in [2.05, 4.69) is 10.2 Å². The lowest BCUT2D eigenvalue weighted by atomic mass is 10.1. The summed E-state index contributed by atoms with van der Waals surface area (Å²) in [5.74, 6) is 0. The first-order valence-electron chi connectivity index (χ1n) is 6.10. The van der Waals surface area contributed by atoms with Crippen LogP contribution < -0.4 is 5.32 Å². The summed E-state index contributed by atoms with van der Waals surface area (Å²) in [6.07, 6.45) is 1.40. The van der Waals surface area contributed by atoms with Gasteiger partial charge < -0.3 is 10.1 Å². The number of halogens is 2. The van der Waals surface area contributed by atoms with Crippen LogP contribution in [0.5, 0.6) is 0 Å². The van der Waals surface area contributed by atoms with Crippen LogP contribution in [-0.2, 0) is 4.74 Å². The van der Waals surface area contributed by atoms with Crippen LogP contribution in [0.2, 0.25) is 0 Å². The van der Waals surface area contributed by atoms with Crippen molar-refractivity contribution in [3.05, 3.63) is 0 Å². The normalized spacial score (nSPS) is 30.2. The van der Waals surface area contributed by atoms with Crippen LogP contribution in [0.1, 0.15) is 19.3 Å². The van der Waals surface area contributed by atoms with Gasteiger partial charge in [-0.3, -0.25) is 4.90 Å². The van der Waals surface area contributed by atoms with E-state index in [1.807, 2.05) is 0 Å². The standard InChI is InChI=1S/C11H20F2N2O/c12-11(13)8-16-7-4-14-9-3-6-15-5-1-2-10(9)15/h9-11,14H,1-8H2. The van der Waals surface area contributed by atoms with Crippen molar-refractivity contribution in [3.8, 4) is 0 Å². The molecule has 5 heteroatoms. The second-order valence-electron chi connectivity index (χ2n) is 4.56. The molecule has 0 amide bonds. The zero-order valence-corrected chi connectivity index (χ0v) is 9.50. The molecule has 0 radical (unpaired) electrons. The Kier molecular flexibility index (Phi) is 4.49. The Hall–Kier alpha value is -0.260. The maximum absolute atomic E-state index is 11.8. The number of hydrogen-bond donors (Lipinski definition) is 1. The molecule has 2 heterocycles. The topological polar surface area (TPSA) is 24.5 Å². The fraction of sp³-hybridized carbons (Fsp3) is 1.00. The van der Waals surface area contributed by atoms with Crippen LogP contribution in [0.25, 0.3) is 0 Å². The Morgan fingerprint density at radius 2 is 2.19 bits per heavy atom. The summed E-state index contributed by atoms with van der Waals surface area (Å²) in [6, 6.07) is 1.22. The first-order valence-corrected chi connectivity index (χ1v) is 6.10. The average molecular weight is 234 g/mol. The van der Waals surface area contributed by atoms with Crippen LogP contribution >= 0.6 is 0 Å². The second kappa shape index (κ2) is 5.89. The minimum atomic E-state index is -2.35. The Labute approximate surface area is 95.1 Å². The molecule has 0 bridgehead atoms. The molecule has 16 heavy (non-hydrogen) atoms. The van der Waals surface area contributed by atoms with Gasteiger partial charge in [0.2, 0.25) is 0 Å². The molecule has 2 atom stereocenters. The summed E-state index contributed by atoms with van der Waals surface area (Å²) in [5.41, 5.74) is 0. The number of rotatable bonds is 6. The zero-order valence-electron chi connectivity index (χ0n) is 9.50. The highest BCUT2D eigenvalue weighted by Crippen LogP contribution is 2.27. The third-order valence-electron chi connectivity index (χ3n) is 3.50. The summed E-state index contributed by atoms with van der Waals surface area (Å²) < 4.78 is 28.4. The molecule has 0 aromatic rings. The van der Waals surface area contributed by atoms with Gasteiger partial charge in [-0.2, -0.15) is 0 Å². The van der Waals surface area contributed by atoms with E-state index < -0.39 is 13.0 Å². The summed E-state index contributed by atoms with van der Waals surface area (Å²) in [6.45, 7) is 3.03. The number of fused-ring (bicyclic) bond motifs is 1. The molecule has 2 aliphatic rings. The van der Waals surface area contributed by atoms with Crippen molar-refractivity contribution in [2.75, 3.05) is 32.8 Å². The number of nitrogens with one attached hydrogen (secondary N) is 1. The summed E-state index contributed by atoms with van der Waals surface area (Å²) in [5, 5.41) is 3.42. The minimum absolute atomic E-state index is 0.383. The van der Waals surface area contributed by atoms with E-state index in [1.54, 1.807) is 0 Å². The predicted octanol–water partition coefficient (Wildman–Crippen LogP) is 1.09. The molecule has 0 spiro atoms. The molecule has 2 saturated heterocycles. The highest BCUT2D eigenvalue weighted by molar-refractivity contribution is 4.95. The van der Waals surface area contributed by atoms with Crippen molar-refractivity contribution in [2.45, 2.75) is 37.8 Å². The molecular weight excluding hydrogens is 214 g/mol. The minimum Gasteiger partial charge on any atom is -0.374 e. The highest BCUT2D eigenvalue weighted by atomic mass is 19.3. The Morgan fingerprint density at radius 1 is 1.31 bits per heavy atom. The molecule has 2 fully saturated rings. The third kappa shape index (κ3) is 3.12. The summed E-state index contributed by atoms with van der Waals surface area (Å²) in [7, 11) is 0. The van der Waals surface area contributed by atoms with E-state index in [0.29, 0.717) is 25.2 Å². The van der Waals surface area contributed by atoms with E-state index >= 15 is 0 Å². The molecule has 2 aliphatic heterocycles. The van der Waals surface area contributed by atoms with Crippen molar-refractivity contribution >= 4 is 0 Å². The SMILES string of the molecule is FC(F)COCCNC1CCN2CCCC12. The Balaban J connectivity index is 1.56. The van der Waals surface area contributed by atoms with Gasteiger partial charge in [-0.1, -0.05) is 0 Å². The maximum atomic E-state index is 11.8. The predicted molar refractivity (Wildman–Crippen MR) is 57.8 cm³/mol. The quantitative estimate of drug-likeness (QED) is 0.696. The van der Waals surface area contributed by atoms with Crippen LogP contribution in [0.15, 0.2) is 0 Å². The lowest BCUT2D eigenvalue weighted by Gasteiger charge is -2.21. The first kappa shape index (κ1) is 12.2. The molecule has 1 N–H and O–H groups in total. The van der Waals surface area contributed by atoms with Crippen LogP contribution in [-0.4, -0.2) is 56.3 Å². The van der Waals surface area contributed by atoms with E-state index in [1.165, 1.54) is 32.4 Å². The van der Waals surface area contributed by atoms with Gasteiger partial charge in [-0.15, -0.1) is 0 Å². The van der Waals surface area contributed by atoms with Crippen molar-refractivity contribution in [1.82, 2.24) is 10.2 Å². The van der Waals surface area contributed by atoms with E-state index in [0.717, 1.165) is 0 Å². The van der Waals surface area contributed by atoms with Gasteiger partial charge >= 0.3 is 0 Å². The smallest absolute Gasteiger partial charge is 0.261 e. The Morgan fingerprint density at radius 3 is 3.00 bits per heavy atom. The van der Waals surface area contributed by atoms with E-state index in [-0.39, 0.29) is 0 Å². The maximum Gasteiger partial charge on any atom is 0.261 e. The van der Waals surface area contributed by atoms with E-state index in [4.69, 9.17) is 4.74 Å². The third-order valence-corrected chi connectivity index (χ3v) is 3.50. The van der Waals surface area contributed by atoms with Gasteiger partial charge in [0.25, 0.3) is 6.43 Å². The largest absolute Gasteiger partial charge is 0.374 e. The van der Waals surface area contributed by atoms with Crippen LogP contribution in [0.3, 0.4) is 0 Å². The van der Waals surface area contributed by atoms with Crippen LogP contribution in [0.4, 0.5) is 8.78 Å². The van der Waals surface area contributed by atoms with Crippen molar-refractivity contribution in [3.63, 3.8) is 0 Å². The van der Waals surface area contributed by atoms with Gasteiger partial charge in [0.05, 0.1) is 6.61 Å². The summed E-state index contributed by atoms with van der Waals surface area (Å²) >= 11 is 0. The molecule has 94 valence electrons. The molecule has 0 aliphatic carbocycles. The average Bonchev–Trinajstić information content (AvgIpc) is 2.80. The summed E-state index contributed by atoms with van der Waals surface area (Å²) in [4.78, 5) is 2.53. The van der Waals surface area contributed by atoms with Gasteiger partial charge in [0.1, 0.15) is 6.61 Å². The second-order valence-corrected chi connectivity index (χ2v) is 4.56. The number of ether oxygens (including phenoxy) is 1. The lowest BCUT2D eigenvalue weighted by Crippen LogP contribution is -2.40. The van der Waals surface area contributed by atoms with Crippen molar-refractivity contribution in [1.29, 1.82) is 0 Å². The van der Waals surface area contributed by atoms with Gasteiger partial charge in [0.15, 0.2) is 0 Å². The van der Waals surface area contributed by atoms with E-state index in [9.17, 15) is 8.78 Å². The molecular formula is C11H20F2N2O. The van der Waals surface area contributed by atoms with Crippen molar-refractivity contribution in [2.24, 2.45) is 0 Å². The van der Waals surface area contributed by atoms with Gasteiger partial charge in [-0.05, 0) is 25.8 Å². The molecule has 3 nitrogen and oxygen atoms in total. The number of hydrogen-bond acceptors (Lipinski definition) is 3. The molecule has 2 rings (SSSR count). The molecule has 0 saturated carbocycles. The Bertz CT molecular complexity index is 216. The first-order chi connectivity index (χ1) is 7.77. The molecule has 0 aromatic carbocycles. The van der Waals surface area contributed by atoms with Crippen molar-refractivity contribution < 1.29 is 13.5 Å². The van der Waals surface area contributed by atoms with Crippen LogP contribution in [0, 0.1) is 0 Å². The monoisotopic (exact) mass is 234 g/mol. The fourth-order valence-corrected chi connectivity index (χ4v) is 2.81. The lowest BCUT2D eigenvalue weighted by molar-refractivity contribution is 0.0180. The molecule has 0 aromatic heterocycles. The zero-order chi connectivity index (χ0) is 11.4. The van der Waals surface area contributed by atoms with Gasteiger partial charge in [-0.25, -0.2) is 8.78 Å². The molecule has 2 unspecified atom stereocenters. The number of alkyl halides is 2. The fourth-order valence-electron chi connectivity index (χ4n) is 2.81. The van der Waals surface area contributed by atoms with Gasteiger partial charge in [0, 0.05) is 25.2 Å². The number of nitrogens with zero attached hydrogens (tertiary/aromatic N) is 1.